The minimum absolute atomic E-state index is 0.0208. The maximum atomic E-state index is 13.2. The molecule has 2 aliphatic rings. The lowest BCUT2D eigenvalue weighted by molar-refractivity contribution is -0.143. The molecule has 30 heavy (non-hydrogen) atoms. The number of methoxy groups -OCH3 is 1. The Kier molecular flexibility index (Phi) is 5.94. The van der Waals surface area contributed by atoms with Crippen molar-refractivity contribution < 1.29 is 9.53 Å². The molecule has 164 valence electrons. The summed E-state index contributed by atoms with van der Waals surface area (Å²) in [5.74, 6) is 1.70. The Hall–Kier alpha value is -2.24. The zero-order valence-corrected chi connectivity index (χ0v) is 18.8. The SMILES string of the molecule is COc1ccc2c(c1)n(CC1CCC(C(=O)N3[C@H](C)CCC[C@@H]3C)CC1)c(=O)n2C. The number of amides is 1. The van der Waals surface area contributed by atoms with Crippen LogP contribution in [0.15, 0.2) is 23.0 Å². The number of carbonyl (C=O) groups is 1. The predicted molar refractivity (Wildman–Crippen MR) is 119 cm³/mol. The first-order valence-corrected chi connectivity index (χ1v) is 11.5. The van der Waals surface area contributed by atoms with E-state index in [9.17, 15) is 9.59 Å². The number of aromatic nitrogens is 2. The first kappa shape index (κ1) is 21.0. The molecule has 1 aromatic heterocycles. The third-order valence-corrected chi connectivity index (χ3v) is 7.44. The van der Waals surface area contributed by atoms with Crippen molar-refractivity contribution in [2.24, 2.45) is 18.9 Å². The number of hydrogen-bond donors (Lipinski definition) is 0. The Labute approximate surface area is 178 Å². The third-order valence-electron chi connectivity index (χ3n) is 7.44. The Morgan fingerprint density at radius 3 is 2.33 bits per heavy atom. The number of likely N-dealkylation sites (tertiary alicyclic amines) is 1. The van der Waals surface area contributed by atoms with Crippen LogP contribution in [0.2, 0.25) is 0 Å². The molecule has 6 nitrogen and oxygen atoms in total. The fourth-order valence-electron chi connectivity index (χ4n) is 5.61. The zero-order chi connectivity index (χ0) is 21.4. The Morgan fingerprint density at radius 2 is 1.70 bits per heavy atom. The van der Waals surface area contributed by atoms with Gasteiger partial charge in [-0.1, -0.05) is 0 Å². The highest BCUT2D eigenvalue weighted by Gasteiger charge is 2.35. The number of nitrogens with zero attached hydrogens (tertiary/aromatic N) is 3. The molecule has 2 fully saturated rings. The van der Waals surface area contributed by atoms with Gasteiger partial charge in [0.05, 0.1) is 18.1 Å². The summed E-state index contributed by atoms with van der Waals surface area (Å²) in [6.45, 7) is 5.10. The first-order chi connectivity index (χ1) is 14.4. The molecule has 1 saturated heterocycles. The number of rotatable bonds is 4. The molecule has 6 heteroatoms. The van der Waals surface area contributed by atoms with Gasteiger partial charge < -0.3 is 9.64 Å². The lowest BCUT2D eigenvalue weighted by Gasteiger charge is -2.42. The minimum atomic E-state index is 0.0208. The number of hydrogen-bond acceptors (Lipinski definition) is 3. The maximum absolute atomic E-state index is 13.2. The number of carbonyl (C=O) groups excluding carboxylic acids is 1. The van der Waals surface area contributed by atoms with E-state index in [1.54, 1.807) is 11.7 Å². The Balaban J connectivity index is 1.45. The highest BCUT2D eigenvalue weighted by Crippen LogP contribution is 2.34. The average Bonchev–Trinajstić information content (AvgIpc) is 2.98. The van der Waals surface area contributed by atoms with Crippen LogP contribution in [0.1, 0.15) is 58.8 Å². The van der Waals surface area contributed by atoms with Crippen LogP contribution < -0.4 is 10.4 Å². The first-order valence-electron chi connectivity index (χ1n) is 11.5. The molecule has 1 saturated carbocycles. The number of piperidine rings is 1. The summed E-state index contributed by atoms with van der Waals surface area (Å²) in [7, 11) is 3.47. The van der Waals surface area contributed by atoms with Crippen LogP contribution >= 0.6 is 0 Å². The van der Waals surface area contributed by atoms with Gasteiger partial charge in [-0.25, -0.2) is 4.79 Å². The van der Waals surface area contributed by atoms with Gasteiger partial charge in [0, 0.05) is 37.7 Å². The lowest BCUT2D eigenvalue weighted by Crippen LogP contribution is -2.50. The van der Waals surface area contributed by atoms with Crippen molar-refractivity contribution in [3.63, 3.8) is 0 Å². The second-order valence-electron chi connectivity index (χ2n) is 9.40. The van der Waals surface area contributed by atoms with E-state index in [0.29, 0.717) is 30.5 Å². The number of imidazole rings is 1. The summed E-state index contributed by atoms with van der Waals surface area (Å²) in [5, 5.41) is 0. The fourth-order valence-corrected chi connectivity index (χ4v) is 5.61. The van der Waals surface area contributed by atoms with Gasteiger partial charge in [-0.2, -0.15) is 0 Å². The molecule has 1 aliphatic carbocycles. The number of aryl methyl sites for hydroxylation is 1. The van der Waals surface area contributed by atoms with Gasteiger partial charge in [-0.05, 0) is 76.8 Å². The van der Waals surface area contributed by atoms with Gasteiger partial charge in [0.1, 0.15) is 5.75 Å². The molecule has 2 heterocycles. The largest absolute Gasteiger partial charge is 0.497 e. The molecule has 0 N–H and O–H groups in total. The van der Waals surface area contributed by atoms with E-state index in [1.165, 1.54) is 6.42 Å². The van der Waals surface area contributed by atoms with E-state index in [1.807, 2.05) is 29.8 Å². The van der Waals surface area contributed by atoms with Crippen LogP contribution in [0, 0.1) is 11.8 Å². The lowest BCUT2D eigenvalue weighted by atomic mass is 9.80. The molecule has 0 bridgehead atoms. The second-order valence-corrected chi connectivity index (χ2v) is 9.40. The van der Waals surface area contributed by atoms with Gasteiger partial charge >= 0.3 is 5.69 Å². The molecular formula is C24H35N3O3. The predicted octanol–water partition coefficient (Wildman–Crippen LogP) is 3.94. The topological polar surface area (TPSA) is 56.5 Å². The van der Waals surface area contributed by atoms with Crippen LogP contribution in [-0.4, -0.2) is 39.1 Å². The highest BCUT2D eigenvalue weighted by molar-refractivity contribution is 5.80. The van der Waals surface area contributed by atoms with Crippen LogP contribution in [0.4, 0.5) is 0 Å². The van der Waals surface area contributed by atoms with E-state index in [2.05, 4.69) is 18.7 Å². The summed E-state index contributed by atoms with van der Waals surface area (Å²) in [6, 6.07) is 6.52. The second kappa shape index (κ2) is 8.48. The number of benzene rings is 1. The highest BCUT2D eigenvalue weighted by atomic mass is 16.5. The van der Waals surface area contributed by atoms with Crippen molar-refractivity contribution in [3.05, 3.63) is 28.7 Å². The Bertz CT molecular complexity index is 958. The molecule has 2 aromatic rings. The molecule has 0 spiro atoms. The smallest absolute Gasteiger partial charge is 0.328 e. The molecule has 1 aliphatic heterocycles. The molecule has 0 radical (unpaired) electrons. The zero-order valence-electron chi connectivity index (χ0n) is 18.8. The Morgan fingerprint density at radius 1 is 1.03 bits per heavy atom. The van der Waals surface area contributed by atoms with Crippen LogP contribution in [0.5, 0.6) is 5.75 Å². The van der Waals surface area contributed by atoms with Crippen molar-refractivity contribution >= 4 is 16.9 Å². The van der Waals surface area contributed by atoms with E-state index >= 15 is 0 Å². The van der Waals surface area contributed by atoms with Gasteiger partial charge in [0.15, 0.2) is 0 Å². The van der Waals surface area contributed by atoms with Crippen molar-refractivity contribution in [1.29, 1.82) is 0 Å². The van der Waals surface area contributed by atoms with Crippen molar-refractivity contribution in [3.8, 4) is 5.75 Å². The molecular weight excluding hydrogens is 378 g/mol. The molecule has 1 aromatic carbocycles. The van der Waals surface area contributed by atoms with Gasteiger partial charge in [-0.3, -0.25) is 13.9 Å². The van der Waals surface area contributed by atoms with Gasteiger partial charge in [0.2, 0.25) is 5.91 Å². The summed E-state index contributed by atoms with van der Waals surface area (Å²) in [4.78, 5) is 28.2. The summed E-state index contributed by atoms with van der Waals surface area (Å²) < 4.78 is 8.96. The monoisotopic (exact) mass is 413 g/mol. The van der Waals surface area contributed by atoms with Crippen molar-refractivity contribution in [2.75, 3.05) is 7.11 Å². The summed E-state index contributed by atoms with van der Waals surface area (Å²) >= 11 is 0. The normalized spacial score (nSPS) is 27.4. The quantitative estimate of drug-likeness (QED) is 0.763. The minimum Gasteiger partial charge on any atom is -0.497 e. The number of fused-ring (bicyclic) bond motifs is 1. The molecule has 1 amide bonds. The summed E-state index contributed by atoms with van der Waals surface area (Å²) in [5.41, 5.74) is 1.88. The third kappa shape index (κ3) is 3.77. The fraction of sp³-hybridized carbons (Fsp3) is 0.667. The van der Waals surface area contributed by atoms with Crippen molar-refractivity contribution in [2.45, 2.75) is 77.4 Å². The molecule has 0 unspecified atom stereocenters. The molecule has 2 atom stereocenters. The van der Waals surface area contributed by atoms with Gasteiger partial charge in [0.25, 0.3) is 0 Å². The van der Waals surface area contributed by atoms with Crippen LogP contribution in [0.3, 0.4) is 0 Å². The maximum Gasteiger partial charge on any atom is 0.328 e. The summed E-state index contributed by atoms with van der Waals surface area (Å²) in [6.07, 6.45) is 7.34. The van der Waals surface area contributed by atoms with E-state index in [4.69, 9.17) is 4.74 Å². The van der Waals surface area contributed by atoms with E-state index in [0.717, 1.165) is 55.3 Å². The van der Waals surface area contributed by atoms with Crippen LogP contribution in [-0.2, 0) is 18.4 Å². The van der Waals surface area contributed by atoms with Gasteiger partial charge in [-0.15, -0.1) is 0 Å². The van der Waals surface area contributed by atoms with E-state index in [-0.39, 0.29) is 11.6 Å². The van der Waals surface area contributed by atoms with Crippen LogP contribution in [0.25, 0.3) is 11.0 Å². The molecule has 4 rings (SSSR count). The standard InChI is InChI=1S/C24H35N3O3/c1-16-6-5-7-17(2)27(16)23(28)19-10-8-18(9-11-19)15-26-22-14-20(30-4)12-13-21(22)25(3)24(26)29/h12-14,16-19H,5-11,15H2,1-4H3/t16-,17+,18?,19?. The number of ether oxygens (including phenoxy) is 1. The average molecular weight is 414 g/mol. The van der Waals surface area contributed by atoms with E-state index < -0.39 is 0 Å². The van der Waals surface area contributed by atoms with Crippen molar-refractivity contribution in [1.82, 2.24) is 14.0 Å².